The fourth-order valence-electron chi connectivity index (χ4n) is 0.753. The molecule has 96 valence electrons. The minimum Gasteiger partial charge on any atom is -0.227 e. The van der Waals surface area contributed by atoms with Crippen LogP contribution in [0.2, 0.25) is 0 Å². The highest BCUT2D eigenvalue weighted by atomic mass is 35.5. The van der Waals surface area contributed by atoms with E-state index < -0.39 is 38.5 Å². The van der Waals surface area contributed by atoms with Gasteiger partial charge >= 0.3 is 0 Å². The Morgan fingerprint density at radius 3 is 1.44 bits per heavy atom. The first-order chi connectivity index (χ1) is 6.76. The summed E-state index contributed by atoms with van der Waals surface area (Å²) in [5.41, 5.74) is 0. The van der Waals surface area contributed by atoms with Crippen LogP contribution in [-0.2, 0) is 29.5 Å². The van der Waals surface area contributed by atoms with Crippen LogP contribution in [0.1, 0.15) is 0 Å². The van der Waals surface area contributed by atoms with E-state index in [0.29, 0.717) is 18.6 Å². The van der Waals surface area contributed by atoms with Gasteiger partial charge in [-0.05, 0) is 6.08 Å². The van der Waals surface area contributed by atoms with Gasteiger partial charge in [0.1, 0.15) is 0 Å². The third-order valence-corrected chi connectivity index (χ3v) is 7.01. The molecule has 0 bridgehead atoms. The van der Waals surface area contributed by atoms with Crippen molar-refractivity contribution in [3.05, 3.63) is 10.3 Å². The molecule has 1 unspecified atom stereocenters. The summed E-state index contributed by atoms with van der Waals surface area (Å²) >= 11 is 5.37. The summed E-state index contributed by atoms with van der Waals surface area (Å²) in [6, 6.07) is 0. The molecule has 0 spiro atoms. The molecule has 16 heavy (non-hydrogen) atoms. The predicted octanol–water partition coefficient (Wildman–Crippen LogP) is -0.473. The smallest absolute Gasteiger partial charge is 0.186 e. The molecule has 0 aliphatic carbocycles. The van der Waals surface area contributed by atoms with Gasteiger partial charge in [-0.2, -0.15) is 0 Å². The van der Waals surface area contributed by atoms with Gasteiger partial charge in [0.15, 0.2) is 38.5 Å². The first-order valence-corrected chi connectivity index (χ1v) is 9.88. The van der Waals surface area contributed by atoms with Gasteiger partial charge in [0, 0.05) is 18.8 Å². The molecule has 10 heteroatoms. The van der Waals surface area contributed by atoms with Crippen LogP contribution in [0.3, 0.4) is 0 Å². The van der Waals surface area contributed by atoms with E-state index >= 15 is 0 Å². The fourth-order valence-corrected chi connectivity index (χ4v) is 4.55. The third-order valence-electron chi connectivity index (χ3n) is 1.41. The van der Waals surface area contributed by atoms with Crippen LogP contribution in [0.4, 0.5) is 0 Å². The maximum atomic E-state index is 11.1. The first kappa shape index (κ1) is 15.9. The Kier molecular flexibility index (Phi) is 4.60. The quantitative estimate of drug-likeness (QED) is 0.650. The number of halogens is 1. The summed E-state index contributed by atoms with van der Waals surface area (Å²) in [6.45, 7) is 0. The highest BCUT2D eigenvalue weighted by molar-refractivity contribution is 8.13. The second-order valence-electron chi connectivity index (χ2n) is 3.21. The van der Waals surface area contributed by atoms with Gasteiger partial charge in [0.25, 0.3) is 0 Å². The molecular formula is C6H11ClO6S3. The lowest BCUT2D eigenvalue weighted by atomic mass is 10.7. The van der Waals surface area contributed by atoms with Crippen molar-refractivity contribution in [2.24, 2.45) is 0 Å². The number of rotatable bonds is 4. The summed E-state index contributed by atoms with van der Waals surface area (Å²) < 4.78 is 63.8. The average molecular weight is 311 g/mol. The molecule has 1 atom stereocenters. The van der Waals surface area contributed by atoms with Gasteiger partial charge in [-0.3, -0.25) is 0 Å². The van der Waals surface area contributed by atoms with E-state index in [-0.39, 0.29) is 0 Å². The van der Waals surface area contributed by atoms with Crippen LogP contribution in [0.5, 0.6) is 0 Å². The zero-order valence-electron chi connectivity index (χ0n) is 8.71. The molecule has 0 aromatic rings. The SMILES string of the molecule is CS(=O)(=O)C(=CC(Cl)S(C)(=O)=O)S(C)(=O)=O. The van der Waals surface area contributed by atoms with Gasteiger partial charge in [0.05, 0.1) is 0 Å². The minimum absolute atomic E-state index is 0.502. The van der Waals surface area contributed by atoms with E-state index in [0.717, 1.165) is 6.26 Å². The number of sulfone groups is 3. The lowest BCUT2D eigenvalue weighted by Gasteiger charge is -2.05. The van der Waals surface area contributed by atoms with Crippen molar-refractivity contribution in [1.82, 2.24) is 0 Å². The van der Waals surface area contributed by atoms with Crippen LogP contribution in [-0.4, -0.2) is 48.7 Å². The maximum absolute atomic E-state index is 11.1. The second-order valence-corrected chi connectivity index (χ2v) is 10.3. The molecule has 0 radical (unpaired) electrons. The van der Waals surface area contributed by atoms with Gasteiger partial charge < -0.3 is 0 Å². The molecule has 0 saturated carbocycles. The number of alkyl halides is 1. The van der Waals surface area contributed by atoms with E-state index in [9.17, 15) is 25.3 Å². The molecule has 0 heterocycles. The van der Waals surface area contributed by atoms with Crippen molar-refractivity contribution in [1.29, 1.82) is 0 Å². The Morgan fingerprint density at radius 1 is 0.938 bits per heavy atom. The molecule has 0 fully saturated rings. The van der Waals surface area contributed by atoms with Crippen LogP contribution in [0.25, 0.3) is 0 Å². The molecule has 0 aliphatic heterocycles. The van der Waals surface area contributed by atoms with Crippen molar-refractivity contribution in [3.63, 3.8) is 0 Å². The Morgan fingerprint density at radius 2 is 1.25 bits per heavy atom. The summed E-state index contributed by atoms with van der Waals surface area (Å²) in [7, 11) is -11.9. The van der Waals surface area contributed by atoms with Crippen molar-refractivity contribution >= 4 is 41.1 Å². The monoisotopic (exact) mass is 310 g/mol. The molecule has 0 aromatic heterocycles. The molecule has 0 aromatic carbocycles. The van der Waals surface area contributed by atoms with Crippen LogP contribution < -0.4 is 0 Å². The fraction of sp³-hybridized carbons (Fsp3) is 0.667. The summed E-state index contributed by atoms with van der Waals surface area (Å²) in [5.74, 6) is 0. The predicted molar refractivity (Wildman–Crippen MR) is 62.3 cm³/mol. The van der Waals surface area contributed by atoms with Crippen molar-refractivity contribution in [2.75, 3.05) is 18.8 Å². The highest BCUT2D eigenvalue weighted by Gasteiger charge is 2.26. The Balaban J connectivity index is 5.89. The molecule has 0 saturated heterocycles. The zero-order chi connectivity index (χ0) is 13.4. The number of hydrogen-bond acceptors (Lipinski definition) is 6. The Labute approximate surface area is 100 Å². The Bertz CT molecular complexity index is 561. The molecule has 0 aliphatic rings. The average Bonchev–Trinajstić information content (AvgIpc) is 1.92. The van der Waals surface area contributed by atoms with Gasteiger partial charge in [-0.15, -0.1) is 11.6 Å². The van der Waals surface area contributed by atoms with Crippen LogP contribution in [0.15, 0.2) is 10.3 Å². The normalized spacial score (nSPS) is 15.5. The Hall–Kier alpha value is -0.120. The topological polar surface area (TPSA) is 102 Å². The van der Waals surface area contributed by atoms with Gasteiger partial charge in [-0.25, -0.2) is 25.3 Å². The van der Waals surface area contributed by atoms with Crippen LogP contribution >= 0.6 is 11.6 Å². The maximum Gasteiger partial charge on any atom is 0.186 e. The summed E-state index contributed by atoms with van der Waals surface area (Å²) in [6.07, 6.45) is 2.59. The third kappa shape index (κ3) is 4.81. The molecule has 0 rings (SSSR count). The van der Waals surface area contributed by atoms with Crippen molar-refractivity contribution in [2.45, 2.75) is 4.71 Å². The summed E-state index contributed by atoms with van der Waals surface area (Å²) in [5, 5.41) is 0. The van der Waals surface area contributed by atoms with E-state index in [1.807, 2.05) is 0 Å². The van der Waals surface area contributed by atoms with E-state index in [1.54, 1.807) is 0 Å². The molecule has 6 nitrogen and oxygen atoms in total. The van der Waals surface area contributed by atoms with Gasteiger partial charge in [0.2, 0.25) is 0 Å². The largest absolute Gasteiger partial charge is 0.227 e. The van der Waals surface area contributed by atoms with E-state index in [2.05, 4.69) is 0 Å². The second kappa shape index (κ2) is 4.63. The molecule has 0 N–H and O–H groups in total. The lowest BCUT2D eigenvalue weighted by molar-refractivity contribution is 0.601. The van der Waals surface area contributed by atoms with E-state index in [1.165, 1.54) is 0 Å². The first-order valence-electron chi connectivity index (χ1n) is 3.71. The lowest BCUT2D eigenvalue weighted by Crippen LogP contribution is -2.17. The zero-order valence-corrected chi connectivity index (χ0v) is 11.9. The molecular weight excluding hydrogens is 300 g/mol. The minimum atomic E-state index is -4.05. The van der Waals surface area contributed by atoms with E-state index in [4.69, 9.17) is 11.6 Å². The highest BCUT2D eigenvalue weighted by Crippen LogP contribution is 2.17. The van der Waals surface area contributed by atoms with Crippen molar-refractivity contribution < 1.29 is 25.3 Å². The summed E-state index contributed by atoms with van der Waals surface area (Å²) in [4.78, 5) is 0. The van der Waals surface area contributed by atoms with Crippen LogP contribution in [0, 0.1) is 0 Å². The molecule has 0 amide bonds. The van der Waals surface area contributed by atoms with Gasteiger partial charge in [-0.1, -0.05) is 0 Å². The number of hydrogen-bond donors (Lipinski definition) is 0. The van der Waals surface area contributed by atoms with Crippen molar-refractivity contribution in [3.8, 4) is 0 Å². The standard InChI is InChI=1S/C6H11ClO6S3/c1-14(8,9)5(7)4-6(15(2,10)11)16(3,12)13/h4-5H,1-3H3.